The smallest absolute Gasteiger partial charge is 0.0911 e. The molecule has 0 spiro atoms. The summed E-state index contributed by atoms with van der Waals surface area (Å²) in [6.45, 7) is 6.47. The van der Waals surface area contributed by atoms with Crippen LogP contribution in [0.3, 0.4) is 0 Å². The first kappa shape index (κ1) is 9.19. The number of rotatable bonds is 2. The second kappa shape index (κ2) is 3.40. The summed E-state index contributed by atoms with van der Waals surface area (Å²) in [5, 5.41) is 4.31. The molecule has 0 amide bonds. The highest BCUT2D eigenvalue weighted by Crippen LogP contribution is 2.21. The Morgan fingerprint density at radius 3 is 2.86 bits per heavy atom. The fourth-order valence-electron chi connectivity index (χ4n) is 1.71. The van der Waals surface area contributed by atoms with Gasteiger partial charge in [-0.15, -0.1) is 0 Å². The van der Waals surface area contributed by atoms with Crippen LogP contribution in [0.15, 0.2) is 18.6 Å². The molecule has 3 nitrogen and oxygen atoms in total. The highest BCUT2D eigenvalue weighted by atomic mass is 15.2. The van der Waals surface area contributed by atoms with Crippen LogP contribution >= 0.6 is 0 Å². The lowest BCUT2D eigenvalue weighted by Gasteiger charge is -2.07. The van der Waals surface area contributed by atoms with Crippen LogP contribution in [-0.4, -0.2) is 14.6 Å². The highest BCUT2D eigenvalue weighted by molar-refractivity contribution is 5.58. The number of hydrogen-bond acceptors (Lipinski definition) is 2. The maximum absolute atomic E-state index is 4.43. The fraction of sp³-hybridized carbons (Fsp3) is 0.455. The lowest BCUT2D eigenvalue weighted by atomic mass is 10.1. The van der Waals surface area contributed by atoms with E-state index < -0.39 is 0 Å². The number of aryl methyl sites for hydroxylation is 1. The van der Waals surface area contributed by atoms with Gasteiger partial charge in [-0.05, 0) is 17.9 Å². The van der Waals surface area contributed by atoms with E-state index in [2.05, 4.69) is 30.9 Å². The normalized spacial score (nSPS) is 11.4. The molecule has 2 aromatic heterocycles. The van der Waals surface area contributed by atoms with Gasteiger partial charge >= 0.3 is 0 Å². The Labute approximate surface area is 83.8 Å². The van der Waals surface area contributed by atoms with Crippen molar-refractivity contribution >= 4 is 5.52 Å². The summed E-state index contributed by atoms with van der Waals surface area (Å²) in [6, 6.07) is 0. The maximum atomic E-state index is 4.43. The molecule has 0 N–H and O–H groups in total. The van der Waals surface area contributed by atoms with E-state index in [1.807, 2.05) is 23.1 Å². The minimum absolute atomic E-state index is 0.445. The quantitative estimate of drug-likeness (QED) is 0.726. The number of nitrogens with zero attached hydrogens (tertiary/aromatic N) is 3. The van der Waals surface area contributed by atoms with Crippen molar-refractivity contribution in [3.05, 3.63) is 29.8 Å². The number of hydrogen-bond donors (Lipinski definition) is 0. The van der Waals surface area contributed by atoms with E-state index in [0.29, 0.717) is 5.92 Å². The first-order valence-electron chi connectivity index (χ1n) is 5.05. The molecule has 0 aliphatic heterocycles. The van der Waals surface area contributed by atoms with Crippen LogP contribution in [0.5, 0.6) is 0 Å². The van der Waals surface area contributed by atoms with Gasteiger partial charge in [0.05, 0.1) is 17.4 Å². The van der Waals surface area contributed by atoms with Crippen molar-refractivity contribution in [1.82, 2.24) is 14.6 Å². The van der Waals surface area contributed by atoms with Crippen LogP contribution < -0.4 is 0 Å². The molecule has 2 heterocycles. The standard InChI is InChI=1S/C11H15N3/c1-4-9-7-13-14-6-5-12-10(8(2)3)11(9)14/h5-8H,4H2,1-3H3. The third-order valence-corrected chi connectivity index (χ3v) is 2.46. The Balaban J connectivity index is 2.75. The summed E-state index contributed by atoms with van der Waals surface area (Å²) in [7, 11) is 0. The average Bonchev–Trinajstić information content (AvgIpc) is 2.59. The van der Waals surface area contributed by atoms with Crippen molar-refractivity contribution in [1.29, 1.82) is 0 Å². The van der Waals surface area contributed by atoms with E-state index in [9.17, 15) is 0 Å². The Kier molecular flexibility index (Phi) is 2.23. The van der Waals surface area contributed by atoms with E-state index in [0.717, 1.165) is 12.1 Å². The Hall–Kier alpha value is -1.38. The molecule has 0 radical (unpaired) electrons. The Morgan fingerprint density at radius 1 is 1.43 bits per heavy atom. The van der Waals surface area contributed by atoms with Crippen LogP contribution in [0.1, 0.15) is 37.9 Å². The lowest BCUT2D eigenvalue weighted by Crippen LogP contribution is -1.99. The van der Waals surface area contributed by atoms with Gasteiger partial charge in [-0.25, -0.2) is 4.52 Å². The topological polar surface area (TPSA) is 30.2 Å². The van der Waals surface area contributed by atoms with Crippen molar-refractivity contribution in [3.8, 4) is 0 Å². The van der Waals surface area contributed by atoms with Crippen molar-refractivity contribution in [2.75, 3.05) is 0 Å². The fourth-order valence-corrected chi connectivity index (χ4v) is 1.71. The van der Waals surface area contributed by atoms with Gasteiger partial charge in [-0.3, -0.25) is 4.98 Å². The molecule has 0 atom stereocenters. The Morgan fingerprint density at radius 2 is 2.21 bits per heavy atom. The van der Waals surface area contributed by atoms with Crippen molar-refractivity contribution < 1.29 is 0 Å². The van der Waals surface area contributed by atoms with Gasteiger partial charge < -0.3 is 0 Å². The van der Waals surface area contributed by atoms with Gasteiger partial charge in [0.15, 0.2) is 0 Å². The predicted molar refractivity (Wildman–Crippen MR) is 56.5 cm³/mol. The monoisotopic (exact) mass is 189 g/mol. The molecular weight excluding hydrogens is 174 g/mol. The lowest BCUT2D eigenvalue weighted by molar-refractivity contribution is 0.807. The van der Waals surface area contributed by atoms with E-state index in [1.54, 1.807) is 0 Å². The van der Waals surface area contributed by atoms with E-state index in [-0.39, 0.29) is 0 Å². The molecule has 0 aromatic carbocycles. The second-order valence-corrected chi connectivity index (χ2v) is 3.78. The van der Waals surface area contributed by atoms with Gasteiger partial charge in [-0.1, -0.05) is 20.8 Å². The molecule has 3 heteroatoms. The third kappa shape index (κ3) is 1.29. The summed E-state index contributed by atoms with van der Waals surface area (Å²) >= 11 is 0. The van der Waals surface area contributed by atoms with Gasteiger partial charge in [0.2, 0.25) is 0 Å². The van der Waals surface area contributed by atoms with Crippen molar-refractivity contribution in [2.45, 2.75) is 33.1 Å². The van der Waals surface area contributed by atoms with E-state index in [1.165, 1.54) is 11.1 Å². The first-order valence-corrected chi connectivity index (χ1v) is 5.05. The summed E-state index contributed by atoms with van der Waals surface area (Å²) in [4.78, 5) is 4.43. The zero-order valence-electron chi connectivity index (χ0n) is 8.86. The van der Waals surface area contributed by atoms with Gasteiger partial charge in [-0.2, -0.15) is 5.10 Å². The SMILES string of the molecule is CCc1cnn2ccnc(C(C)C)c12. The van der Waals surface area contributed by atoms with Gasteiger partial charge in [0.1, 0.15) is 0 Å². The molecule has 0 unspecified atom stereocenters. The van der Waals surface area contributed by atoms with E-state index in [4.69, 9.17) is 0 Å². The summed E-state index contributed by atoms with van der Waals surface area (Å²) in [5.74, 6) is 0.445. The molecule has 0 aliphatic rings. The third-order valence-electron chi connectivity index (χ3n) is 2.46. The largest absolute Gasteiger partial charge is 0.257 e. The van der Waals surface area contributed by atoms with Gasteiger partial charge in [0, 0.05) is 12.4 Å². The molecule has 0 saturated heterocycles. The molecule has 2 aromatic rings. The zero-order chi connectivity index (χ0) is 10.1. The average molecular weight is 189 g/mol. The molecule has 0 fully saturated rings. The second-order valence-electron chi connectivity index (χ2n) is 3.78. The Bertz CT molecular complexity index is 443. The number of aromatic nitrogens is 3. The molecule has 0 saturated carbocycles. The molecule has 14 heavy (non-hydrogen) atoms. The minimum Gasteiger partial charge on any atom is -0.257 e. The molecular formula is C11H15N3. The summed E-state index contributed by atoms with van der Waals surface area (Å²) in [6.07, 6.45) is 6.66. The van der Waals surface area contributed by atoms with Crippen LogP contribution in [-0.2, 0) is 6.42 Å². The van der Waals surface area contributed by atoms with Crippen LogP contribution in [0.4, 0.5) is 0 Å². The van der Waals surface area contributed by atoms with Crippen LogP contribution in [0.25, 0.3) is 5.52 Å². The maximum Gasteiger partial charge on any atom is 0.0911 e. The molecule has 0 aliphatic carbocycles. The summed E-state index contributed by atoms with van der Waals surface area (Å²) in [5.41, 5.74) is 3.61. The van der Waals surface area contributed by atoms with Crippen LogP contribution in [0.2, 0.25) is 0 Å². The van der Waals surface area contributed by atoms with Crippen LogP contribution in [0, 0.1) is 0 Å². The van der Waals surface area contributed by atoms with Gasteiger partial charge in [0.25, 0.3) is 0 Å². The molecule has 74 valence electrons. The summed E-state index contributed by atoms with van der Waals surface area (Å²) < 4.78 is 1.92. The molecule has 0 bridgehead atoms. The first-order chi connectivity index (χ1) is 6.74. The zero-order valence-corrected chi connectivity index (χ0v) is 8.86. The molecule has 2 rings (SSSR count). The number of fused-ring (bicyclic) bond motifs is 1. The van der Waals surface area contributed by atoms with E-state index >= 15 is 0 Å². The highest BCUT2D eigenvalue weighted by Gasteiger charge is 2.11. The minimum atomic E-state index is 0.445. The van der Waals surface area contributed by atoms with Crippen molar-refractivity contribution in [3.63, 3.8) is 0 Å². The van der Waals surface area contributed by atoms with Crippen molar-refractivity contribution in [2.24, 2.45) is 0 Å². The predicted octanol–water partition coefficient (Wildman–Crippen LogP) is 2.42.